The van der Waals surface area contributed by atoms with Crippen molar-refractivity contribution in [3.05, 3.63) is 77.0 Å². The molecule has 6 nitrogen and oxygen atoms in total. The molecule has 0 fully saturated rings. The molecule has 1 N–H and O–H groups in total. The van der Waals surface area contributed by atoms with Crippen molar-refractivity contribution in [1.29, 1.82) is 0 Å². The number of nitrogens with zero attached hydrogens (tertiary/aromatic N) is 2. The Hall–Kier alpha value is -3.80. The van der Waals surface area contributed by atoms with Gasteiger partial charge in [0.15, 0.2) is 5.78 Å². The van der Waals surface area contributed by atoms with E-state index in [2.05, 4.69) is 15.5 Å². The monoisotopic (exact) mass is 385 g/mol. The van der Waals surface area contributed by atoms with Crippen molar-refractivity contribution in [3.8, 4) is 11.3 Å². The molecule has 6 heteroatoms. The molecule has 0 saturated heterocycles. The van der Waals surface area contributed by atoms with Gasteiger partial charge >= 0.3 is 0 Å². The number of hydrogen-bond donors (Lipinski definition) is 1. The molecule has 144 valence electrons. The number of aryl methyl sites for hydroxylation is 2. The first kappa shape index (κ1) is 18.6. The maximum absolute atomic E-state index is 13.1. The summed E-state index contributed by atoms with van der Waals surface area (Å²) in [5, 5.41) is 7.43. The number of nitrogens with one attached hydrogen (secondary N) is 1. The second kappa shape index (κ2) is 7.31. The summed E-state index contributed by atoms with van der Waals surface area (Å²) in [5.41, 5.74) is 5.17. The molecular formula is C23H19N3O3. The van der Waals surface area contributed by atoms with Gasteiger partial charge in [-0.05, 0) is 51.1 Å². The molecule has 4 rings (SSSR count). The Labute approximate surface area is 167 Å². The standard InChI is InChI=1S/C23H19N3O3/c1-13-4-6-17(7-5-13)20-12-19(21-14(2)26-29-23(21)25-20)22(28)24-18-10-8-16(9-11-18)15(3)27/h4-12H,1-3H3,(H,24,28). The van der Waals surface area contributed by atoms with Gasteiger partial charge in [0, 0.05) is 16.8 Å². The van der Waals surface area contributed by atoms with Crippen LogP contribution >= 0.6 is 0 Å². The first-order valence-corrected chi connectivity index (χ1v) is 9.19. The largest absolute Gasteiger partial charge is 0.335 e. The van der Waals surface area contributed by atoms with E-state index in [0.717, 1.165) is 11.1 Å². The molecule has 0 bridgehead atoms. The highest BCUT2D eigenvalue weighted by Gasteiger charge is 2.19. The van der Waals surface area contributed by atoms with E-state index in [1.807, 2.05) is 31.2 Å². The Bertz CT molecular complexity index is 1220. The molecule has 0 spiro atoms. The lowest BCUT2D eigenvalue weighted by atomic mass is 10.0. The Morgan fingerprint density at radius 2 is 1.66 bits per heavy atom. The van der Waals surface area contributed by atoms with Gasteiger partial charge in [0.05, 0.1) is 22.3 Å². The summed E-state index contributed by atoms with van der Waals surface area (Å²) in [7, 11) is 0. The van der Waals surface area contributed by atoms with Gasteiger partial charge in [0.2, 0.25) is 0 Å². The molecule has 29 heavy (non-hydrogen) atoms. The van der Waals surface area contributed by atoms with Crippen LogP contribution in [0, 0.1) is 13.8 Å². The Kier molecular flexibility index (Phi) is 4.68. The predicted molar refractivity (Wildman–Crippen MR) is 111 cm³/mol. The summed E-state index contributed by atoms with van der Waals surface area (Å²) in [6.07, 6.45) is 0. The average Bonchev–Trinajstić information content (AvgIpc) is 3.09. The summed E-state index contributed by atoms with van der Waals surface area (Å²) in [4.78, 5) is 29.0. The minimum Gasteiger partial charge on any atom is -0.335 e. The number of Topliss-reactive ketones (excluding diaryl/α,β-unsaturated/α-hetero) is 1. The topological polar surface area (TPSA) is 85.1 Å². The zero-order chi connectivity index (χ0) is 20.5. The molecule has 0 radical (unpaired) electrons. The fourth-order valence-electron chi connectivity index (χ4n) is 3.13. The van der Waals surface area contributed by atoms with Gasteiger partial charge in [-0.3, -0.25) is 9.59 Å². The predicted octanol–water partition coefficient (Wildman–Crippen LogP) is 4.96. The number of pyridine rings is 1. The van der Waals surface area contributed by atoms with Gasteiger partial charge in [0.25, 0.3) is 11.6 Å². The van der Waals surface area contributed by atoms with E-state index in [4.69, 9.17) is 4.52 Å². The van der Waals surface area contributed by atoms with Crippen LogP contribution in [0.15, 0.2) is 59.1 Å². The number of anilines is 1. The lowest BCUT2D eigenvalue weighted by Crippen LogP contribution is -2.13. The summed E-state index contributed by atoms with van der Waals surface area (Å²) in [6.45, 7) is 5.29. The zero-order valence-electron chi connectivity index (χ0n) is 16.3. The van der Waals surface area contributed by atoms with Crippen molar-refractivity contribution in [3.63, 3.8) is 0 Å². The third kappa shape index (κ3) is 3.65. The fraction of sp³-hybridized carbons (Fsp3) is 0.130. The van der Waals surface area contributed by atoms with Crippen LogP contribution in [0.5, 0.6) is 0 Å². The maximum atomic E-state index is 13.1. The van der Waals surface area contributed by atoms with Crippen molar-refractivity contribution in [2.24, 2.45) is 0 Å². The van der Waals surface area contributed by atoms with Crippen molar-refractivity contribution in [2.45, 2.75) is 20.8 Å². The van der Waals surface area contributed by atoms with Crippen LogP contribution in [-0.2, 0) is 0 Å². The second-order valence-corrected chi connectivity index (χ2v) is 6.96. The maximum Gasteiger partial charge on any atom is 0.259 e. The highest BCUT2D eigenvalue weighted by atomic mass is 16.5. The van der Waals surface area contributed by atoms with Crippen LogP contribution < -0.4 is 5.32 Å². The molecule has 0 aliphatic heterocycles. The number of rotatable bonds is 4. The fourth-order valence-corrected chi connectivity index (χ4v) is 3.13. The second-order valence-electron chi connectivity index (χ2n) is 6.96. The molecule has 2 heterocycles. The molecule has 0 aliphatic carbocycles. The van der Waals surface area contributed by atoms with Crippen LogP contribution in [0.1, 0.15) is 38.9 Å². The van der Waals surface area contributed by atoms with Crippen molar-refractivity contribution >= 4 is 28.5 Å². The van der Waals surface area contributed by atoms with Gasteiger partial charge in [-0.2, -0.15) is 0 Å². The summed E-state index contributed by atoms with van der Waals surface area (Å²) < 4.78 is 5.34. The summed E-state index contributed by atoms with van der Waals surface area (Å²) in [6, 6.07) is 16.4. The Morgan fingerprint density at radius 1 is 0.966 bits per heavy atom. The number of aromatic nitrogens is 2. The number of ketones is 1. The molecule has 2 aromatic carbocycles. The molecule has 4 aromatic rings. The number of amides is 1. The van der Waals surface area contributed by atoms with Crippen LogP contribution in [0.25, 0.3) is 22.4 Å². The third-order valence-corrected chi connectivity index (χ3v) is 4.76. The van der Waals surface area contributed by atoms with E-state index in [9.17, 15) is 9.59 Å². The van der Waals surface area contributed by atoms with Gasteiger partial charge in [-0.15, -0.1) is 0 Å². The van der Waals surface area contributed by atoms with E-state index in [1.165, 1.54) is 6.92 Å². The van der Waals surface area contributed by atoms with E-state index < -0.39 is 0 Å². The minimum absolute atomic E-state index is 0.0263. The molecule has 2 aromatic heterocycles. The normalized spacial score (nSPS) is 10.9. The number of benzene rings is 2. The average molecular weight is 385 g/mol. The van der Waals surface area contributed by atoms with Gasteiger partial charge in [-0.25, -0.2) is 4.98 Å². The quantitative estimate of drug-likeness (QED) is 0.502. The highest BCUT2D eigenvalue weighted by Crippen LogP contribution is 2.28. The van der Waals surface area contributed by atoms with E-state index in [0.29, 0.717) is 39.3 Å². The molecule has 0 unspecified atom stereocenters. The van der Waals surface area contributed by atoms with Gasteiger partial charge in [0.1, 0.15) is 0 Å². The molecule has 1 amide bonds. The summed E-state index contributed by atoms with van der Waals surface area (Å²) >= 11 is 0. The minimum atomic E-state index is -0.298. The SMILES string of the molecule is CC(=O)c1ccc(NC(=O)c2cc(-c3ccc(C)cc3)nc3onc(C)c23)cc1. The van der Waals surface area contributed by atoms with Crippen LogP contribution in [-0.4, -0.2) is 21.8 Å². The van der Waals surface area contributed by atoms with Crippen molar-refractivity contribution in [2.75, 3.05) is 5.32 Å². The summed E-state index contributed by atoms with van der Waals surface area (Å²) in [5.74, 6) is -0.325. The van der Waals surface area contributed by atoms with E-state index in [-0.39, 0.29) is 11.7 Å². The molecule has 0 saturated carbocycles. The van der Waals surface area contributed by atoms with E-state index in [1.54, 1.807) is 37.3 Å². The van der Waals surface area contributed by atoms with Crippen molar-refractivity contribution < 1.29 is 14.1 Å². The van der Waals surface area contributed by atoms with Crippen molar-refractivity contribution in [1.82, 2.24) is 10.1 Å². The van der Waals surface area contributed by atoms with Gasteiger partial charge in [-0.1, -0.05) is 35.0 Å². The number of fused-ring (bicyclic) bond motifs is 1. The lowest BCUT2D eigenvalue weighted by molar-refractivity contribution is 0.101. The number of carbonyl (C=O) groups is 2. The van der Waals surface area contributed by atoms with Crippen LogP contribution in [0.3, 0.4) is 0 Å². The van der Waals surface area contributed by atoms with Crippen LogP contribution in [0.2, 0.25) is 0 Å². The molecule has 0 atom stereocenters. The first-order valence-electron chi connectivity index (χ1n) is 9.19. The Morgan fingerprint density at radius 3 is 2.31 bits per heavy atom. The molecular weight excluding hydrogens is 366 g/mol. The molecule has 0 aliphatic rings. The lowest BCUT2D eigenvalue weighted by Gasteiger charge is -2.09. The number of carbonyl (C=O) groups excluding carboxylic acids is 2. The van der Waals surface area contributed by atoms with Gasteiger partial charge < -0.3 is 9.84 Å². The Balaban J connectivity index is 1.74. The zero-order valence-corrected chi connectivity index (χ0v) is 16.3. The number of hydrogen-bond acceptors (Lipinski definition) is 5. The van der Waals surface area contributed by atoms with E-state index >= 15 is 0 Å². The highest BCUT2D eigenvalue weighted by molar-refractivity contribution is 6.13. The smallest absolute Gasteiger partial charge is 0.259 e. The third-order valence-electron chi connectivity index (χ3n) is 4.76. The first-order chi connectivity index (χ1) is 13.9. The van der Waals surface area contributed by atoms with Crippen LogP contribution in [0.4, 0.5) is 5.69 Å².